The molecule has 0 spiro atoms. The van der Waals surface area contributed by atoms with Crippen LogP contribution < -0.4 is 5.32 Å². The standard InChI is InChI=1S/C19H19BrClFN4O3/c20-16-10-15(26(28)29)3-4-18(16)23-19(27)12-25-7-5-24(6-8-25)11-13-1-2-14(22)9-17(13)21/h1-4,9-10H,5-8,11-12H2,(H,23,27). The maximum atomic E-state index is 13.2. The highest BCUT2D eigenvalue weighted by atomic mass is 79.9. The molecule has 2 aromatic carbocycles. The molecule has 1 saturated heterocycles. The van der Waals surface area contributed by atoms with Gasteiger partial charge in [-0.3, -0.25) is 24.7 Å². The van der Waals surface area contributed by atoms with Gasteiger partial charge in [-0.15, -0.1) is 0 Å². The van der Waals surface area contributed by atoms with Crippen LogP contribution in [0.15, 0.2) is 40.9 Å². The number of amides is 1. The summed E-state index contributed by atoms with van der Waals surface area (Å²) in [4.78, 5) is 26.9. The summed E-state index contributed by atoms with van der Waals surface area (Å²) < 4.78 is 13.6. The first-order chi connectivity index (χ1) is 13.8. The van der Waals surface area contributed by atoms with E-state index in [-0.39, 0.29) is 24.0 Å². The number of non-ortho nitro benzene ring substituents is 1. The summed E-state index contributed by atoms with van der Waals surface area (Å²) in [5.74, 6) is -0.538. The fourth-order valence-corrected chi connectivity index (χ4v) is 3.80. The van der Waals surface area contributed by atoms with Crippen molar-refractivity contribution in [3.8, 4) is 0 Å². The largest absolute Gasteiger partial charge is 0.324 e. The number of benzene rings is 2. The van der Waals surface area contributed by atoms with E-state index in [0.717, 1.165) is 18.7 Å². The number of carbonyl (C=O) groups excluding carboxylic acids is 1. The minimum absolute atomic E-state index is 0.0488. The molecule has 0 bridgehead atoms. The first-order valence-electron chi connectivity index (χ1n) is 8.94. The lowest BCUT2D eigenvalue weighted by molar-refractivity contribution is -0.384. The topological polar surface area (TPSA) is 78.7 Å². The molecule has 0 saturated carbocycles. The van der Waals surface area contributed by atoms with Gasteiger partial charge in [0.2, 0.25) is 5.91 Å². The lowest BCUT2D eigenvalue weighted by Gasteiger charge is -2.34. The van der Waals surface area contributed by atoms with Crippen molar-refractivity contribution in [2.24, 2.45) is 0 Å². The van der Waals surface area contributed by atoms with Gasteiger partial charge in [0.05, 0.1) is 17.2 Å². The SMILES string of the molecule is O=C(CN1CCN(Cc2ccc(F)cc2Cl)CC1)Nc1ccc([N+](=O)[O-])cc1Br. The number of hydrogen-bond acceptors (Lipinski definition) is 5. The molecule has 0 unspecified atom stereocenters. The van der Waals surface area contributed by atoms with Crippen molar-refractivity contribution in [2.75, 3.05) is 38.0 Å². The number of piperazine rings is 1. The number of nitrogens with one attached hydrogen (secondary N) is 1. The van der Waals surface area contributed by atoms with Crippen LogP contribution in [0.1, 0.15) is 5.56 Å². The predicted octanol–water partition coefficient (Wildman–Crippen LogP) is 3.91. The second-order valence-electron chi connectivity index (χ2n) is 6.76. The van der Waals surface area contributed by atoms with Gasteiger partial charge in [-0.1, -0.05) is 17.7 Å². The quantitative estimate of drug-likeness (QED) is 0.496. The third-order valence-corrected chi connectivity index (χ3v) is 5.69. The van der Waals surface area contributed by atoms with Crippen molar-refractivity contribution in [3.63, 3.8) is 0 Å². The molecule has 2 aromatic rings. The van der Waals surface area contributed by atoms with Crippen molar-refractivity contribution in [1.82, 2.24) is 9.80 Å². The van der Waals surface area contributed by atoms with Crippen molar-refractivity contribution >= 4 is 44.8 Å². The van der Waals surface area contributed by atoms with Crippen LogP contribution in [0.4, 0.5) is 15.8 Å². The summed E-state index contributed by atoms with van der Waals surface area (Å²) in [6.07, 6.45) is 0. The monoisotopic (exact) mass is 484 g/mol. The van der Waals surface area contributed by atoms with Gasteiger partial charge in [0, 0.05) is 54.4 Å². The maximum absolute atomic E-state index is 13.2. The highest BCUT2D eigenvalue weighted by Crippen LogP contribution is 2.27. The third kappa shape index (κ3) is 5.96. The van der Waals surface area contributed by atoms with Crippen LogP contribution in [-0.4, -0.2) is 53.4 Å². The Labute approximate surface area is 180 Å². The van der Waals surface area contributed by atoms with Gasteiger partial charge in [0.25, 0.3) is 5.69 Å². The van der Waals surface area contributed by atoms with Gasteiger partial charge in [0.1, 0.15) is 5.82 Å². The first kappa shape index (κ1) is 21.6. The summed E-state index contributed by atoms with van der Waals surface area (Å²) >= 11 is 9.34. The molecular weight excluding hydrogens is 467 g/mol. The highest BCUT2D eigenvalue weighted by molar-refractivity contribution is 9.10. The second kappa shape index (κ2) is 9.62. The number of rotatable bonds is 6. The summed E-state index contributed by atoms with van der Waals surface area (Å²) in [6.45, 7) is 3.83. The van der Waals surface area contributed by atoms with Crippen LogP contribution in [0.3, 0.4) is 0 Å². The summed E-state index contributed by atoms with van der Waals surface area (Å²) in [5.41, 5.74) is 1.32. The number of halogens is 3. The molecule has 3 rings (SSSR count). The van der Waals surface area contributed by atoms with Crippen LogP contribution in [0, 0.1) is 15.9 Å². The van der Waals surface area contributed by atoms with Crippen molar-refractivity contribution in [1.29, 1.82) is 0 Å². The number of hydrogen-bond donors (Lipinski definition) is 1. The molecule has 1 amide bonds. The van der Waals surface area contributed by atoms with Gasteiger partial charge in [-0.2, -0.15) is 0 Å². The van der Waals surface area contributed by atoms with Gasteiger partial charge in [0.15, 0.2) is 0 Å². The molecular formula is C19H19BrClFN4O3. The van der Waals surface area contributed by atoms with E-state index in [1.165, 1.54) is 30.3 Å². The highest BCUT2D eigenvalue weighted by Gasteiger charge is 2.20. The van der Waals surface area contributed by atoms with E-state index >= 15 is 0 Å². The van der Waals surface area contributed by atoms with E-state index in [1.807, 2.05) is 4.90 Å². The third-order valence-electron chi connectivity index (χ3n) is 4.68. The number of anilines is 1. The van der Waals surface area contributed by atoms with E-state index in [4.69, 9.17) is 11.6 Å². The Bertz CT molecular complexity index is 922. The van der Waals surface area contributed by atoms with Crippen LogP contribution in [0.5, 0.6) is 0 Å². The van der Waals surface area contributed by atoms with Gasteiger partial charge < -0.3 is 5.32 Å². The van der Waals surface area contributed by atoms with Crippen LogP contribution in [0.25, 0.3) is 0 Å². The van der Waals surface area contributed by atoms with Crippen molar-refractivity contribution in [2.45, 2.75) is 6.54 Å². The fraction of sp³-hybridized carbons (Fsp3) is 0.316. The predicted molar refractivity (Wildman–Crippen MR) is 113 cm³/mol. The number of nitrogens with zero attached hydrogens (tertiary/aromatic N) is 3. The molecule has 1 aliphatic rings. The lowest BCUT2D eigenvalue weighted by Crippen LogP contribution is -2.48. The van der Waals surface area contributed by atoms with Crippen LogP contribution in [0.2, 0.25) is 5.02 Å². The Hall–Kier alpha value is -2.07. The zero-order valence-electron chi connectivity index (χ0n) is 15.4. The van der Waals surface area contributed by atoms with Gasteiger partial charge in [-0.05, 0) is 39.7 Å². The Balaban J connectivity index is 1.48. The Kier molecular flexibility index (Phi) is 7.18. The number of nitro groups is 1. The molecule has 1 fully saturated rings. The van der Waals surface area contributed by atoms with E-state index in [9.17, 15) is 19.3 Å². The van der Waals surface area contributed by atoms with E-state index in [0.29, 0.717) is 34.8 Å². The molecule has 154 valence electrons. The average molecular weight is 486 g/mol. The molecule has 10 heteroatoms. The fourth-order valence-electron chi connectivity index (χ4n) is 3.11. The number of carbonyl (C=O) groups is 1. The second-order valence-corrected chi connectivity index (χ2v) is 8.02. The summed E-state index contributed by atoms with van der Waals surface area (Å²) in [6, 6.07) is 8.62. The molecule has 0 aromatic heterocycles. The summed E-state index contributed by atoms with van der Waals surface area (Å²) in [7, 11) is 0. The average Bonchev–Trinajstić information content (AvgIpc) is 2.67. The molecule has 29 heavy (non-hydrogen) atoms. The number of nitro benzene ring substituents is 1. The molecule has 1 N–H and O–H groups in total. The molecule has 1 heterocycles. The van der Waals surface area contributed by atoms with Gasteiger partial charge >= 0.3 is 0 Å². The van der Waals surface area contributed by atoms with Crippen LogP contribution >= 0.6 is 27.5 Å². The van der Waals surface area contributed by atoms with E-state index in [1.54, 1.807) is 6.07 Å². The Morgan fingerprint density at radius 2 is 1.86 bits per heavy atom. The summed E-state index contributed by atoms with van der Waals surface area (Å²) in [5, 5.41) is 14.0. The molecule has 7 nitrogen and oxygen atoms in total. The van der Waals surface area contributed by atoms with Crippen molar-refractivity contribution < 1.29 is 14.1 Å². The molecule has 0 atom stereocenters. The smallest absolute Gasteiger partial charge is 0.270 e. The zero-order valence-corrected chi connectivity index (χ0v) is 17.7. The Morgan fingerprint density at radius 3 is 2.48 bits per heavy atom. The van der Waals surface area contributed by atoms with E-state index < -0.39 is 4.92 Å². The van der Waals surface area contributed by atoms with Crippen LogP contribution in [-0.2, 0) is 11.3 Å². The van der Waals surface area contributed by atoms with Crippen molar-refractivity contribution in [3.05, 3.63) is 67.4 Å². The molecule has 1 aliphatic heterocycles. The molecule has 0 radical (unpaired) electrons. The van der Waals surface area contributed by atoms with E-state index in [2.05, 4.69) is 26.1 Å². The maximum Gasteiger partial charge on any atom is 0.270 e. The minimum Gasteiger partial charge on any atom is -0.324 e. The minimum atomic E-state index is -0.491. The zero-order chi connectivity index (χ0) is 21.0. The molecule has 0 aliphatic carbocycles. The van der Waals surface area contributed by atoms with Gasteiger partial charge in [-0.25, -0.2) is 4.39 Å². The lowest BCUT2D eigenvalue weighted by atomic mass is 10.2. The first-order valence-corrected chi connectivity index (χ1v) is 10.1. The Morgan fingerprint density at radius 1 is 1.17 bits per heavy atom. The normalized spacial score (nSPS) is 15.3.